The molecule has 126 valence electrons. The molecule has 3 rings (SSSR count). The molecule has 1 saturated heterocycles. The van der Waals surface area contributed by atoms with Gasteiger partial charge in [0, 0.05) is 24.8 Å². The highest BCUT2D eigenvalue weighted by molar-refractivity contribution is 5.67. The molecule has 6 nitrogen and oxygen atoms in total. The molecule has 0 amide bonds. The topological polar surface area (TPSA) is 77.8 Å². The summed E-state index contributed by atoms with van der Waals surface area (Å²) in [6, 6.07) is 10.7. The van der Waals surface area contributed by atoms with E-state index in [9.17, 15) is 9.59 Å². The van der Waals surface area contributed by atoms with Gasteiger partial charge in [-0.05, 0) is 35.7 Å². The van der Waals surface area contributed by atoms with E-state index in [1.165, 1.54) is 12.3 Å². The minimum Gasteiger partial charge on any atom is -0.493 e. The first-order valence-corrected chi connectivity index (χ1v) is 7.85. The summed E-state index contributed by atoms with van der Waals surface area (Å²) < 4.78 is 12.2. The SMILES string of the molecule is O=C(O)Cn1ccc(-c2ccc(OCC3CCOC3)cc2)cc1=O. The molecule has 1 atom stereocenters. The third-order valence-corrected chi connectivity index (χ3v) is 4.00. The van der Waals surface area contributed by atoms with Crippen molar-refractivity contribution in [2.24, 2.45) is 5.92 Å². The van der Waals surface area contributed by atoms with Gasteiger partial charge in [0.05, 0.1) is 13.2 Å². The van der Waals surface area contributed by atoms with Crippen molar-refractivity contribution in [3.63, 3.8) is 0 Å². The number of carboxylic acid groups (broad SMARTS) is 1. The molecule has 1 fully saturated rings. The molecule has 0 spiro atoms. The molecule has 0 saturated carbocycles. The van der Waals surface area contributed by atoms with E-state index in [-0.39, 0.29) is 12.1 Å². The summed E-state index contributed by atoms with van der Waals surface area (Å²) in [4.78, 5) is 22.6. The van der Waals surface area contributed by atoms with Crippen LogP contribution in [0.4, 0.5) is 0 Å². The van der Waals surface area contributed by atoms with Crippen LogP contribution in [0.25, 0.3) is 11.1 Å². The van der Waals surface area contributed by atoms with Crippen LogP contribution in [0.1, 0.15) is 6.42 Å². The van der Waals surface area contributed by atoms with Crippen molar-refractivity contribution in [3.05, 3.63) is 52.9 Å². The van der Waals surface area contributed by atoms with E-state index in [1.807, 2.05) is 24.3 Å². The van der Waals surface area contributed by atoms with E-state index >= 15 is 0 Å². The maximum atomic E-state index is 11.9. The van der Waals surface area contributed by atoms with Crippen LogP contribution in [0.5, 0.6) is 5.75 Å². The first-order chi connectivity index (χ1) is 11.6. The molecule has 24 heavy (non-hydrogen) atoms. The minimum atomic E-state index is -1.04. The molecule has 1 aromatic heterocycles. The highest BCUT2D eigenvalue weighted by Crippen LogP contribution is 2.22. The summed E-state index contributed by atoms with van der Waals surface area (Å²) in [5.41, 5.74) is 1.29. The molecular weight excluding hydrogens is 310 g/mol. The van der Waals surface area contributed by atoms with Crippen molar-refractivity contribution >= 4 is 5.97 Å². The number of hydrogen-bond acceptors (Lipinski definition) is 4. The van der Waals surface area contributed by atoms with Crippen molar-refractivity contribution in [1.29, 1.82) is 0 Å². The van der Waals surface area contributed by atoms with Crippen molar-refractivity contribution in [3.8, 4) is 16.9 Å². The number of carboxylic acids is 1. The van der Waals surface area contributed by atoms with E-state index < -0.39 is 5.97 Å². The molecule has 2 aromatic rings. The quantitative estimate of drug-likeness (QED) is 0.877. The van der Waals surface area contributed by atoms with Gasteiger partial charge in [-0.1, -0.05) is 12.1 Å². The Kier molecular flexibility index (Phi) is 4.96. The van der Waals surface area contributed by atoms with Gasteiger partial charge in [0.25, 0.3) is 5.56 Å². The second-order valence-electron chi connectivity index (χ2n) is 5.84. The fourth-order valence-electron chi connectivity index (χ4n) is 2.64. The number of ether oxygens (including phenoxy) is 2. The van der Waals surface area contributed by atoms with Gasteiger partial charge in [-0.3, -0.25) is 9.59 Å². The lowest BCUT2D eigenvalue weighted by Gasteiger charge is -2.11. The van der Waals surface area contributed by atoms with Crippen LogP contribution in [0.2, 0.25) is 0 Å². The monoisotopic (exact) mass is 329 g/mol. The molecule has 2 heterocycles. The molecule has 0 aliphatic carbocycles. The average Bonchev–Trinajstić information content (AvgIpc) is 3.08. The average molecular weight is 329 g/mol. The van der Waals surface area contributed by atoms with Gasteiger partial charge in [-0.2, -0.15) is 0 Å². The second-order valence-corrected chi connectivity index (χ2v) is 5.84. The first kappa shape index (κ1) is 16.3. The number of aromatic nitrogens is 1. The summed E-state index contributed by atoms with van der Waals surface area (Å²) in [7, 11) is 0. The number of rotatable bonds is 6. The lowest BCUT2D eigenvalue weighted by Crippen LogP contribution is -2.22. The third kappa shape index (κ3) is 4.02. The minimum absolute atomic E-state index is 0.337. The van der Waals surface area contributed by atoms with E-state index in [1.54, 1.807) is 6.07 Å². The second kappa shape index (κ2) is 7.31. The van der Waals surface area contributed by atoms with Crippen LogP contribution in [0.15, 0.2) is 47.4 Å². The lowest BCUT2D eigenvalue weighted by molar-refractivity contribution is -0.137. The summed E-state index contributed by atoms with van der Waals surface area (Å²) in [6.07, 6.45) is 2.53. The van der Waals surface area contributed by atoms with Crippen LogP contribution in [-0.4, -0.2) is 35.5 Å². The van der Waals surface area contributed by atoms with Gasteiger partial charge >= 0.3 is 5.97 Å². The Morgan fingerprint density at radius 3 is 2.67 bits per heavy atom. The summed E-state index contributed by atoms with van der Waals surface area (Å²) in [5, 5.41) is 8.76. The zero-order valence-corrected chi connectivity index (χ0v) is 13.2. The van der Waals surface area contributed by atoms with Gasteiger partial charge < -0.3 is 19.1 Å². The predicted molar refractivity (Wildman–Crippen MR) is 88.2 cm³/mol. The molecule has 0 bridgehead atoms. The Labute approximate surface area is 139 Å². The summed E-state index contributed by atoms with van der Waals surface area (Å²) >= 11 is 0. The Morgan fingerprint density at radius 1 is 1.25 bits per heavy atom. The predicted octanol–water partition coefficient (Wildman–Crippen LogP) is 2.02. The number of benzene rings is 1. The molecular formula is C18H19NO5. The Balaban J connectivity index is 1.67. The number of pyridine rings is 1. The first-order valence-electron chi connectivity index (χ1n) is 7.85. The Morgan fingerprint density at radius 2 is 2.04 bits per heavy atom. The van der Waals surface area contributed by atoms with Crippen LogP contribution >= 0.6 is 0 Å². The number of carbonyl (C=O) groups is 1. The zero-order chi connectivity index (χ0) is 16.9. The lowest BCUT2D eigenvalue weighted by atomic mass is 10.1. The largest absolute Gasteiger partial charge is 0.493 e. The maximum Gasteiger partial charge on any atom is 0.323 e. The van der Waals surface area contributed by atoms with Gasteiger partial charge in [-0.15, -0.1) is 0 Å². The van der Waals surface area contributed by atoms with Crippen molar-refractivity contribution < 1.29 is 19.4 Å². The van der Waals surface area contributed by atoms with E-state index in [4.69, 9.17) is 14.6 Å². The zero-order valence-electron chi connectivity index (χ0n) is 13.2. The number of hydrogen-bond donors (Lipinski definition) is 1. The number of aliphatic carboxylic acids is 1. The van der Waals surface area contributed by atoms with Crippen molar-refractivity contribution in [2.45, 2.75) is 13.0 Å². The van der Waals surface area contributed by atoms with Gasteiger partial charge in [-0.25, -0.2) is 0 Å². The molecule has 1 N–H and O–H groups in total. The van der Waals surface area contributed by atoms with Gasteiger partial charge in [0.1, 0.15) is 12.3 Å². The van der Waals surface area contributed by atoms with E-state index in [2.05, 4.69) is 0 Å². The van der Waals surface area contributed by atoms with Crippen molar-refractivity contribution in [1.82, 2.24) is 4.57 Å². The Hall–Kier alpha value is -2.60. The van der Waals surface area contributed by atoms with Crippen molar-refractivity contribution in [2.75, 3.05) is 19.8 Å². The summed E-state index contributed by atoms with van der Waals surface area (Å²) in [6.45, 7) is 1.87. The molecule has 0 radical (unpaired) electrons. The van der Waals surface area contributed by atoms with Gasteiger partial charge in [0.15, 0.2) is 0 Å². The molecule has 6 heteroatoms. The van der Waals surface area contributed by atoms with E-state index in [0.29, 0.717) is 12.5 Å². The highest BCUT2D eigenvalue weighted by atomic mass is 16.5. The van der Waals surface area contributed by atoms with Gasteiger partial charge in [0.2, 0.25) is 0 Å². The van der Waals surface area contributed by atoms with E-state index in [0.717, 1.165) is 41.1 Å². The normalized spacial score (nSPS) is 16.9. The molecule has 1 unspecified atom stereocenters. The van der Waals surface area contributed by atoms with Crippen LogP contribution in [-0.2, 0) is 16.1 Å². The standard InChI is InChI=1S/C18H19NO5/c20-17-9-15(5-7-19(17)10-18(21)22)14-1-3-16(4-2-14)24-12-13-6-8-23-11-13/h1-5,7,9,13H,6,8,10-12H2,(H,21,22). The third-order valence-electron chi connectivity index (χ3n) is 4.00. The maximum absolute atomic E-state index is 11.9. The summed E-state index contributed by atoms with van der Waals surface area (Å²) in [5.74, 6) is 0.190. The fraction of sp³-hybridized carbons (Fsp3) is 0.333. The highest BCUT2D eigenvalue weighted by Gasteiger charge is 2.16. The Bertz CT molecular complexity index is 760. The molecule has 1 aliphatic rings. The smallest absolute Gasteiger partial charge is 0.323 e. The van der Waals surface area contributed by atoms with Crippen LogP contribution < -0.4 is 10.3 Å². The number of nitrogens with zero attached hydrogens (tertiary/aromatic N) is 1. The molecule has 1 aliphatic heterocycles. The van der Waals surface area contributed by atoms with Crippen LogP contribution in [0, 0.1) is 5.92 Å². The fourth-order valence-corrected chi connectivity index (χ4v) is 2.64. The van der Waals surface area contributed by atoms with Crippen LogP contribution in [0.3, 0.4) is 0 Å². The molecule has 1 aromatic carbocycles.